The van der Waals surface area contributed by atoms with Crippen LogP contribution in [0.2, 0.25) is 0 Å². The van der Waals surface area contributed by atoms with Gasteiger partial charge in [0.15, 0.2) is 0 Å². The highest BCUT2D eigenvalue weighted by molar-refractivity contribution is 9.10. The van der Waals surface area contributed by atoms with E-state index >= 15 is 0 Å². The molecule has 0 saturated carbocycles. The minimum Gasteiger partial charge on any atom is -0.496 e. The molecule has 1 aromatic rings. The van der Waals surface area contributed by atoms with E-state index in [1.807, 2.05) is 18.2 Å². The number of nitrogens with zero attached hydrogens (tertiary/aromatic N) is 3. The van der Waals surface area contributed by atoms with Gasteiger partial charge in [0.05, 0.1) is 18.7 Å². The van der Waals surface area contributed by atoms with Crippen LogP contribution >= 0.6 is 15.9 Å². The average Bonchev–Trinajstić information content (AvgIpc) is 2.35. The van der Waals surface area contributed by atoms with Gasteiger partial charge in [0.1, 0.15) is 11.5 Å². The fraction of sp³-hybridized carbons (Fsp3) is 0.273. The third-order valence-corrected chi connectivity index (χ3v) is 2.67. The van der Waals surface area contributed by atoms with Crippen molar-refractivity contribution < 1.29 is 9.47 Å². The number of methoxy groups -OCH3 is 2. The van der Waals surface area contributed by atoms with E-state index in [0.29, 0.717) is 12.3 Å². The largest absolute Gasteiger partial charge is 0.496 e. The van der Waals surface area contributed by atoms with Gasteiger partial charge < -0.3 is 9.47 Å². The molecule has 17 heavy (non-hydrogen) atoms. The third-order valence-electron chi connectivity index (χ3n) is 2.05. The highest BCUT2D eigenvalue weighted by Crippen LogP contribution is 2.33. The summed E-state index contributed by atoms with van der Waals surface area (Å²) in [6.07, 6.45) is 3.58. The second-order valence-corrected chi connectivity index (χ2v) is 3.90. The van der Waals surface area contributed by atoms with Crippen molar-refractivity contribution in [3.63, 3.8) is 0 Å². The van der Waals surface area contributed by atoms with Gasteiger partial charge in [-0.15, -0.1) is 0 Å². The van der Waals surface area contributed by atoms with Gasteiger partial charge in [-0.05, 0) is 33.6 Å². The topological polar surface area (TPSA) is 67.2 Å². The van der Waals surface area contributed by atoms with E-state index in [-0.39, 0.29) is 0 Å². The van der Waals surface area contributed by atoms with Crippen molar-refractivity contribution in [2.24, 2.45) is 5.11 Å². The second-order valence-electron chi connectivity index (χ2n) is 3.04. The Balaban J connectivity index is 3.03. The van der Waals surface area contributed by atoms with E-state index in [1.165, 1.54) is 0 Å². The molecule has 0 N–H and O–H groups in total. The molecule has 0 aliphatic heterocycles. The predicted octanol–water partition coefficient (Wildman–Crippen LogP) is 3.79. The zero-order valence-electron chi connectivity index (χ0n) is 9.55. The number of rotatable bonds is 5. The van der Waals surface area contributed by atoms with Crippen LogP contribution in [-0.2, 0) is 0 Å². The van der Waals surface area contributed by atoms with Gasteiger partial charge in [-0.25, -0.2) is 0 Å². The molecule has 0 amide bonds. The number of hydrogen-bond acceptors (Lipinski definition) is 3. The fourth-order valence-electron chi connectivity index (χ4n) is 1.28. The van der Waals surface area contributed by atoms with Crippen LogP contribution in [0.1, 0.15) is 5.56 Å². The molecule has 0 radical (unpaired) electrons. The standard InChI is InChI=1S/C11H12BrN3O2/c1-16-10-7-9(12)11(17-2)6-8(10)4-3-5-14-15-13/h3-4,6-7H,5H2,1-2H3. The van der Waals surface area contributed by atoms with Crippen molar-refractivity contribution in [3.05, 3.63) is 38.7 Å². The SMILES string of the molecule is COc1cc(C=CCN=[N+]=[N-])c(OC)cc1Br. The van der Waals surface area contributed by atoms with Gasteiger partial charge in [0.2, 0.25) is 0 Å². The molecule has 0 spiro atoms. The van der Waals surface area contributed by atoms with E-state index in [0.717, 1.165) is 15.8 Å². The number of ether oxygens (including phenoxy) is 2. The lowest BCUT2D eigenvalue weighted by Crippen LogP contribution is -1.91. The second kappa shape index (κ2) is 6.83. The molecular weight excluding hydrogens is 286 g/mol. The van der Waals surface area contributed by atoms with Gasteiger partial charge in [0, 0.05) is 17.0 Å². The molecule has 1 aromatic carbocycles. The summed E-state index contributed by atoms with van der Waals surface area (Å²) >= 11 is 3.38. The lowest BCUT2D eigenvalue weighted by Gasteiger charge is -2.09. The van der Waals surface area contributed by atoms with Crippen molar-refractivity contribution in [3.8, 4) is 11.5 Å². The Hall–Kier alpha value is -1.65. The normalized spacial score (nSPS) is 10.1. The summed E-state index contributed by atoms with van der Waals surface area (Å²) < 4.78 is 11.3. The van der Waals surface area contributed by atoms with Crippen molar-refractivity contribution in [2.45, 2.75) is 0 Å². The quantitative estimate of drug-likeness (QED) is 0.471. The highest BCUT2D eigenvalue weighted by Gasteiger charge is 2.06. The molecule has 0 bridgehead atoms. The summed E-state index contributed by atoms with van der Waals surface area (Å²) in [4.78, 5) is 2.67. The Labute approximate surface area is 108 Å². The van der Waals surface area contributed by atoms with Crippen molar-refractivity contribution in [2.75, 3.05) is 20.8 Å². The summed E-state index contributed by atoms with van der Waals surface area (Å²) in [5, 5.41) is 3.41. The summed E-state index contributed by atoms with van der Waals surface area (Å²) in [7, 11) is 3.19. The van der Waals surface area contributed by atoms with Gasteiger partial charge >= 0.3 is 0 Å². The highest BCUT2D eigenvalue weighted by atomic mass is 79.9. The Morgan fingerprint density at radius 1 is 1.35 bits per heavy atom. The summed E-state index contributed by atoms with van der Waals surface area (Å²) in [5.74, 6) is 1.43. The van der Waals surface area contributed by atoms with E-state index < -0.39 is 0 Å². The Morgan fingerprint density at radius 2 is 2.06 bits per heavy atom. The van der Waals surface area contributed by atoms with Gasteiger partial charge in [-0.2, -0.15) is 0 Å². The Bertz CT molecular complexity index is 468. The van der Waals surface area contributed by atoms with E-state index in [9.17, 15) is 0 Å². The molecule has 6 heteroatoms. The smallest absolute Gasteiger partial charge is 0.133 e. The number of azide groups is 1. The molecule has 0 aliphatic carbocycles. The maximum Gasteiger partial charge on any atom is 0.133 e. The first-order chi connectivity index (χ1) is 8.22. The third kappa shape index (κ3) is 3.69. The number of halogens is 1. The van der Waals surface area contributed by atoms with Crippen molar-refractivity contribution >= 4 is 22.0 Å². The molecule has 0 aromatic heterocycles. The van der Waals surface area contributed by atoms with E-state index in [1.54, 1.807) is 20.3 Å². The van der Waals surface area contributed by atoms with E-state index in [2.05, 4.69) is 26.0 Å². The maximum absolute atomic E-state index is 8.16. The molecule has 0 saturated heterocycles. The van der Waals surface area contributed by atoms with Crippen LogP contribution < -0.4 is 9.47 Å². The predicted molar refractivity (Wildman–Crippen MR) is 70.3 cm³/mol. The first kappa shape index (κ1) is 13.4. The van der Waals surface area contributed by atoms with Gasteiger partial charge in [-0.3, -0.25) is 0 Å². The zero-order chi connectivity index (χ0) is 12.7. The number of hydrogen-bond donors (Lipinski definition) is 0. The van der Waals surface area contributed by atoms with Crippen LogP contribution in [-0.4, -0.2) is 20.8 Å². The lowest BCUT2D eigenvalue weighted by atomic mass is 10.1. The van der Waals surface area contributed by atoms with Crippen LogP contribution in [0.3, 0.4) is 0 Å². The average molecular weight is 298 g/mol. The first-order valence-corrected chi connectivity index (χ1v) is 5.61. The van der Waals surface area contributed by atoms with Crippen molar-refractivity contribution in [1.29, 1.82) is 0 Å². The Morgan fingerprint density at radius 3 is 2.65 bits per heavy atom. The summed E-state index contributed by atoms with van der Waals surface area (Å²) in [6, 6.07) is 3.67. The van der Waals surface area contributed by atoms with E-state index in [4.69, 9.17) is 15.0 Å². The zero-order valence-corrected chi connectivity index (χ0v) is 11.1. The fourth-order valence-corrected chi connectivity index (χ4v) is 1.76. The molecule has 5 nitrogen and oxygen atoms in total. The summed E-state index contributed by atoms with van der Waals surface area (Å²) in [6.45, 7) is 0.304. The molecular formula is C11H12BrN3O2. The molecule has 90 valence electrons. The van der Waals surface area contributed by atoms with Crippen LogP contribution in [0.5, 0.6) is 11.5 Å². The Kier molecular flexibility index (Phi) is 5.39. The van der Waals surface area contributed by atoms with Gasteiger partial charge in [0.25, 0.3) is 0 Å². The minimum atomic E-state index is 0.304. The van der Waals surface area contributed by atoms with Crippen molar-refractivity contribution in [1.82, 2.24) is 0 Å². The monoisotopic (exact) mass is 297 g/mol. The van der Waals surface area contributed by atoms with Crippen LogP contribution in [0.25, 0.3) is 16.5 Å². The first-order valence-electron chi connectivity index (χ1n) is 4.81. The lowest BCUT2D eigenvalue weighted by molar-refractivity contribution is 0.400. The molecule has 0 heterocycles. The summed E-state index contributed by atoms with van der Waals surface area (Å²) in [5.41, 5.74) is 9.02. The van der Waals surface area contributed by atoms with Gasteiger partial charge in [-0.1, -0.05) is 17.3 Å². The van der Waals surface area contributed by atoms with Crippen LogP contribution in [0.4, 0.5) is 0 Å². The maximum atomic E-state index is 8.16. The molecule has 0 fully saturated rings. The van der Waals surface area contributed by atoms with Crippen LogP contribution in [0.15, 0.2) is 27.8 Å². The number of benzene rings is 1. The molecule has 1 rings (SSSR count). The van der Waals surface area contributed by atoms with Crippen LogP contribution in [0, 0.1) is 0 Å². The molecule has 0 aliphatic rings. The molecule has 0 unspecified atom stereocenters. The minimum absolute atomic E-state index is 0.304. The molecule has 0 atom stereocenters.